The molecule has 1 aliphatic carbocycles. The number of fused-ring (bicyclic) bond motifs is 1. The third-order valence-corrected chi connectivity index (χ3v) is 3.17. The second-order valence-electron chi connectivity index (χ2n) is 4.16. The molecule has 6 heteroatoms. The highest BCUT2D eigenvalue weighted by Gasteiger charge is 2.27. The van der Waals surface area contributed by atoms with Gasteiger partial charge in [-0.25, -0.2) is 4.98 Å². The van der Waals surface area contributed by atoms with Gasteiger partial charge in [0.05, 0.1) is 0 Å². The zero-order valence-electron chi connectivity index (χ0n) is 8.89. The van der Waals surface area contributed by atoms with E-state index < -0.39 is 0 Å². The predicted octanol–water partition coefficient (Wildman–Crippen LogP) is 1.61. The molecular formula is C10H12ClN5. The summed E-state index contributed by atoms with van der Waals surface area (Å²) < 4.78 is 1.72. The molecule has 1 N–H and O–H groups in total. The van der Waals surface area contributed by atoms with E-state index in [4.69, 9.17) is 11.6 Å². The van der Waals surface area contributed by atoms with E-state index in [1.165, 1.54) is 6.33 Å². The first-order chi connectivity index (χ1) is 7.72. The molecule has 0 aromatic carbocycles. The van der Waals surface area contributed by atoms with Crippen LogP contribution in [0.2, 0.25) is 0 Å². The van der Waals surface area contributed by atoms with E-state index in [1.54, 1.807) is 4.52 Å². The van der Waals surface area contributed by atoms with Gasteiger partial charge in [0.25, 0.3) is 5.78 Å². The lowest BCUT2D eigenvalue weighted by molar-refractivity contribution is 0.452. The number of nitrogens with one attached hydrogen (secondary N) is 1. The monoisotopic (exact) mass is 237 g/mol. The number of aryl methyl sites for hydroxylation is 1. The van der Waals surface area contributed by atoms with Gasteiger partial charge in [0.2, 0.25) is 0 Å². The quantitative estimate of drug-likeness (QED) is 0.807. The fourth-order valence-corrected chi connectivity index (χ4v) is 2.34. The van der Waals surface area contributed by atoms with Crippen molar-refractivity contribution in [3.05, 3.63) is 18.1 Å². The van der Waals surface area contributed by atoms with Crippen LogP contribution in [0.25, 0.3) is 5.78 Å². The molecule has 0 bridgehead atoms. The van der Waals surface area contributed by atoms with Crippen molar-refractivity contribution < 1.29 is 0 Å². The van der Waals surface area contributed by atoms with E-state index in [1.807, 2.05) is 13.0 Å². The van der Waals surface area contributed by atoms with E-state index >= 15 is 0 Å². The highest BCUT2D eigenvalue weighted by molar-refractivity contribution is 6.21. The van der Waals surface area contributed by atoms with E-state index in [0.717, 1.165) is 24.4 Å². The molecule has 5 nitrogen and oxygen atoms in total. The first kappa shape index (κ1) is 9.84. The van der Waals surface area contributed by atoms with Gasteiger partial charge in [-0.05, 0) is 19.8 Å². The van der Waals surface area contributed by atoms with Gasteiger partial charge in [-0.2, -0.15) is 14.6 Å². The topological polar surface area (TPSA) is 55.1 Å². The molecule has 2 aromatic heterocycles. The first-order valence-corrected chi connectivity index (χ1v) is 5.74. The normalized spacial score (nSPS) is 24.4. The number of alkyl halides is 1. The van der Waals surface area contributed by atoms with Crippen LogP contribution in [-0.4, -0.2) is 31.0 Å². The Balaban J connectivity index is 1.92. The number of anilines is 1. The standard InChI is InChI=1S/C10H12ClN5/c1-6-2-9(15-8-3-7(11)4-8)16-10(14-6)12-5-13-16/h2,5,7-8,15H,3-4H2,1H3. The third kappa shape index (κ3) is 1.61. The van der Waals surface area contributed by atoms with E-state index in [-0.39, 0.29) is 0 Å². The van der Waals surface area contributed by atoms with Crippen molar-refractivity contribution in [2.45, 2.75) is 31.2 Å². The summed E-state index contributed by atoms with van der Waals surface area (Å²) in [4.78, 5) is 8.37. The number of hydrogen-bond donors (Lipinski definition) is 1. The molecule has 0 unspecified atom stereocenters. The summed E-state index contributed by atoms with van der Waals surface area (Å²) in [5.41, 5.74) is 0.935. The van der Waals surface area contributed by atoms with Crippen LogP contribution in [-0.2, 0) is 0 Å². The summed E-state index contributed by atoms with van der Waals surface area (Å²) in [6, 6.07) is 2.42. The maximum absolute atomic E-state index is 5.95. The zero-order valence-corrected chi connectivity index (χ0v) is 9.65. The van der Waals surface area contributed by atoms with Crippen LogP contribution in [0.15, 0.2) is 12.4 Å². The summed E-state index contributed by atoms with van der Waals surface area (Å²) in [6.07, 6.45) is 3.51. The van der Waals surface area contributed by atoms with Crippen LogP contribution >= 0.6 is 11.6 Å². The molecule has 1 aliphatic rings. The second-order valence-corrected chi connectivity index (χ2v) is 4.78. The lowest BCUT2D eigenvalue weighted by Crippen LogP contribution is -2.36. The molecule has 2 aromatic rings. The molecule has 2 heterocycles. The summed E-state index contributed by atoms with van der Waals surface area (Å²) >= 11 is 5.95. The predicted molar refractivity (Wildman–Crippen MR) is 61.8 cm³/mol. The van der Waals surface area contributed by atoms with Gasteiger partial charge < -0.3 is 5.32 Å². The maximum atomic E-state index is 5.95. The molecule has 0 spiro atoms. The average Bonchev–Trinajstić information content (AvgIpc) is 2.62. The van der Waals surface area contributed by atoms with Crippen molar-refractivity contribution in [2.24, 2.45) is 0 Å². The Morgan fingerprint density at radius 3 is 3.06 bits per heavy atom. The molecule has 84 valence electrons. The number of rotatable bonds is 2. The van der Waals surface area contributed by atoms with Crippen molar-refractivity contribution in [3.63, 3.8) is 0 Å². The number of halogens is 1. The van der Waals surface area contributed by atoms with Gasteiger partial charge in [0.1, 0.15) is 12.1 Å². The summed E-state index contributed by atoms with van der Waals surface area (Å²) in [5.74, 6) is 1.57. The molecule has 0 aliphatic heterocycles. The molecule has 1 fully saturated rings. The van der Waals surface area contributed by atoms with Crippen LogP contribution in [0, 0.1) is 6.92 Å². The summed E-state index contributed by atoms with van der Waals surface area (Å²) in [6.45, 7) is 1.95. The lowest BCUT2D eigenvalue weighted by atomic mass is 9.92. The van der Waals surface area contributed by atoms with Gasteiger partial charge in [-0.1, -0.05) is 0 Å². The minimum Gasteiger partial charge on any atom is -0.367 e. The molecular weight excluding hydrogens is 226 g/mol. The Labute approximate surface area is 97.8 Å². The van der Waals surface area contributed by atoms with E-state index in [0.29, 0.717) is 17.2 Å². The molecule has 0 radical (unpaired) electrons. The van der Waals surface area contributed by atoms with E-state index in [2.05, 4.69) is 20.4 Å². The minimum atomic E-state index is 0.312. The Bertz CT molecular complexity index is 517. The Kier molecular flexibility index (Phi) is 2.21. The van der Waals surface area contributed by atoms with Crippen LogP contribution in [0.3, 0.4) is 0 Å². The number of nitrogens with zero attached hydrogens (tertiary/aromatic N) is 4. The van der Waals surface area contributed by atoms with Gasteiger partial charge in [-0.15, -0.1) is 11.6 Å². The van der Waals surface area contributed by atoms with Crippen LogP contribution in [0.5, 0.6) is 0 Å². The Hall–Kier alpha value is -1.36. The molecule has 1 saturated carbocycles. The van der Waals surface area contributed by atoms with Crippen LogP contribution < -0.4 is 5.32 Å². The van der Waals surface area contributed by atoms with Gasteiger partial charge in [0, 0.05) is 23.2 Å². The first-order valence-electron chi connectivity index (χ1n) is 5.30. The highest BCUT2D eigenvalue weighted by Crippen LogP contribution is 2.28. The van der Waals surface area contributed by atoms with Gasteiger partial charge in [0.15, 0.2) is 0 Å². The van der Waals surface area contributed by atoms with Gasteiger partial charge in [-0.3, -0.25) is 0 Å². The molecule has 3 rings (SSSR count). The molecule has 0 amide bonds. The fraction of sp³-hybridized carbons (Fsp3) is 0.500. The van der Waals surface area contributed by atoms with E-state index in [9.17, 15) is 0 Å². The Morgan fingerprint density at radius 1 is 1.50 bits per heavy atom. The van der Waals surface area contributed by atoms with Crippen LogP contribution in [0.1, 0.15) is 18.5 Å². The van der Waals surface area contributed by atoms with Crippen molar-refractivity contribution in [1.82, 2.24) is 19.6 Å². The maximum Gasteiger partial charge on any atom is 0.254 e. The minimum absolute atomic E-state index is 0.312. The van der Waals surface area contributed by atoms with Crippen molar-refractivity contribution in [3.8, 4) is 0 Å². The number of hydrogen-bond acceptors (Lipinski definition) is 4. The summed E-state index contributed by atoms with van der Waals surface area (Å²) in [7, 11) is 0. The zero-order chi connectivity index (χ0) is 11.1. The lowest BCUT2D eigenvalue weighted by Gasteiger charge is -2.32. The number of aromatic nitrogens is 4. The fourth-order valence-electron chi connectivity index (χ4n) is 1.91. The molecule has 16 heavy (non-hydrogen) atoms. The largest absolute Gasteiger partial charge is 0.367 e. The Morgan fingerprint density at radius 2 is 2.31 bits per heavy atom. The van der Waals surface area contributed by atoms with Crippen LogP contribution in [0.4, 0.5) is 5.82 Å². The smallest absolute Gasteiger partial charge is 0.254 e. The second kappa shape index (κ2) is 3.59. The van der Waals surface area contributed by atoms with Crippen molar-refractivity contribution in [2.75, 3.05) is 5.32 Å². The average molecular weight is 238 g/mol. The highest BCUT2D eigenvalue weighted by atomic mass is 35.5. The third-order valence-electron chi connectivity index (χ3n) is 2.81. The van der Waals surface area contributed by atoms with Crippen molar-refractivity contribution in [1.29, 1.82) is 0 Å². The molecule has 0 atom stereocenters. The van der Waals surface area contributed by atoms with Crippen molar-refractivity contribution >= 4 is 23.2 Å². The summed E-state index contributed by atoms with van der Waals surface area (Å²) in [5, 5.41) is 7.86. The molecule has 0 saturated heterocycles. The SMILES string of the molecule is Cc1cc(NC2CC(Cl)C2)n2ncnc2n1. The van der Waals surface area contributed by atoms with Gasteiger partial charge >= 0.3 is 0 Å².